The first-order valence-corrected chi connectivity index (χ1v) is 10.1. The van der Waals surface area contributed by atoms with Gasteiger partial charge in [0.05, 0.1) is 17.9 Å². The van der Waals surface area contributed by atoms with Gasteiger partial charge in [0.2, 0.25) is 0 Å². The molecule has 3 N–H and O–H groups in total. The van der Waals surface area contributed by atoms with E-state index in [2.05, 4.69) is 27.9 Å². The van der Waals surface area contributed by atoms with Crippen molar-refractivity contribution in [2.45, 2.75) is 31.6 Å². The summed E-state index contributed by atoms with van der Waals surface area (Å²) in [6, 6.07) is 12.4. The Hall–Kier alpha value is -2.84. The standard InChI is InChI=1S/C23H23F3N4S/c1-15(21(27)10-16-2-6-20(7-3-16)23(24,25)26)30-14-29-13-22(31)18-4-5-19-12-28-9-8-17(19)11-18/h2-9,11-15,21,31H,10,27H2,1H3,(H,29,30)/b22-13-. The Morgan fingerprint density at radius 3 is 2.61 bits per heavy atom. The van der Waals surface area contributed by atoms with Crippen LogP contribution in [0.5, 0.6) is 0 Å². The van der Waals surface area contributed by atoms with Gasteiger partial charge < -0.3 is 11.1 Å². The number of halogens is 3. The quantitative estimate of drug-likeness (QED) is 0.271. The molecule has 0 saturated carbocycles. The number of aliphatic imine (C=N–C) groups is 1. The smallest absolute Gasteiger partial charge is 0.352 e. The molecule has 0 bridgehead atoms. The minimum absolute atomic E-state index is 0.222. The van der Waals surface area contributed by atoms with Gasteiger partial charge in [-0.1, -0.05) is 24.3 Å². The van der Waals surface area contributed by atoms with Gasteiger partial charge in [0.1, 0.15) is 0 Å². The highest BCUT2D eigenvalue weighted by molar-refractivity contribution is 7.90. The Labute approximate surface area is 184 Å². The van der Waals surface area contributed by atoms with Crippen LogP contribution in [0.2, 0.25) is 0 Å². The highest BCUT2D eigenvalue weighted by atomic mass is 32.1. The Bertz CT molecular complexity index is 1080. The molecule has 2 aromatic carbocycles. The molecule has 162 valence electrons. The number of fused-ring (bicyclic) bond motifs is 1. The first kappa shape index (κ1) is 22.8. The first-order chi connectivity index (χ1) is 14.7. The average Bonchev–Trinajstić information content (AvgIpc) is 2.75. The number of thiol groups is 1. The van der Waals surface area contributed by atoms with Crippen LogP contribution in [0.1, 0.15) is 23.6 Å². The summed E-state index contributed by atoms with van der Waals surface area (Å²) in [6.07, 6.45) is 2.90. The van der Waals surface area contributed by atoms with Gasteiger partial charge in [-0.15, -0.1) is 12.6 Å². The molecule has 0 saturated heterocycles. The second-order valence-corrected chi connectivity index (χ2v) is 7.70. The fourth-order valence-corrected chi connectivity index (χ4v) is 3.20. The van der Waals surface area contributed by atoms with Crippen LogP contribution in [-0.2, 0) is 12.6 Å². The molecule has 3 aromatic rings. The molecule has 0 fully saturated rings. The van der Waals surface area contributed by atoms with E-state index in [0.717, 1.165) is 38.9 Å². The van der Waals surface area contributed by atoms with E-state index in [-0.39, 0.29) is 12.1 Å². The normalized spacial score (nSPS) is 14.7. The van der Waals surface area contributed by atoms with E-state index in [1.807, 2.05) is 31.2 Å². The summed E-state index contributed by atoms with van der Waals surface area (Å²) in [5, 5.41) is 5.11. The summed E-state index contributed by atoms with van der Waals surface area (Å²) in [6.45, 7) is 1.86. The summed E-state index contributed by atoms with van der Waals surface area (Å²) >= 11 is 4.52. The van der Waals surface area contributed by atoms with Gasteiger partial charge >= 0.3 is 6.18 Å². The topological polar surface area (TPSA) is 63.3 Å². The fourth-order valence-electron chi connectivity index (χ4n) is 2.99. The molecule has 4 nitrogen and oxygen atoms in total. The zero-order valence-electron chi connectivity index (χ0n) is 16.8. The maximum absolute atomic E-state index is 12.7. The maximum Gasteiger partial charge on any atom is 0.416 e. The number of nitrogens with two attached hydrogens (primary N) is 1. The zero-order chi connectivity index (χ0) is 22.4. The summed E-state index contributed by atoms with van der Waals surface area (Å²) in [5.74, 6) is 0. The van der Waals surface area contributed by atoms with Gasteiger partial charge in [0.15, 0.2) is 0 Å². The summed E-state index contributed by atoms with van der Waals surface area (Å²) in [4.78, 5) is 9.21. The van der Waals surface area contributed by atoms with E-state index >= 15 is 0 Å². The van der Waals surface area contributed by atoms with Crippen LogP contribution in [0.15, 0.2) is 72.1 Å². The largest absolute Gasteiger partial charge is 0.416 e. The fraction of sp³-hybridized carbons (Fsp3) is 0.217. The number of aromatic nitrogens is 1. The van der Waals surface area contributed by atoms with Crippen LogP contribution >= 0.6 is 12.6 Å². The SMILES string of the molecule is CC(N=CN/C=C(\S)c1ccc2cnccc2c1)C(N)Cc1ccc(C(F)(F)F)cc1. The third kappa shape index (κ3) is 6.32. The molecule has 2 unspecified atom stereocenters. The van der Waals surface area contributed by atoms with Crippen molar-refractivity contribution in [1.82, 2.24) is 10.3 Å². The Kier molecular flexibility index (Phi) is 7.35. The first-order valence-electron chi connectivity index (χ1n) is 9.67. The second-order valence-electron chi connectivity index (χ2n) is 7.22. The second kappa shape index (κ2) is 9.98. The number of hydrogen-bond donors (Lipinski definition) is 3. The predicted molar refractivity (Wildman–Crippen MR) is 123 cm³/mol. The minimum Gasteiger partial charge on any atom is -0.352 e. The van der Waals surface area contributed by atoms with E-state index in [1.54, 1.807) is 24.9 Å². The Balaban J connectivity index is 1.54. The number of benzene rings is 2. The van der Waals surface area contributed by atoms with E-state index in [9.17, 15) is 13.2 Å². The predicted octanol–water partition coefficient (Wildman–Crippen LogP) is 5.06. The van der Waals surface area contributed by atoms with Crippen LogP contribution in [0.25, 0.3) is 15.7 Å². The van der Waals surface area contributed by atoms with Gasteiger partial charge in [-0.3, -0.25) is 9.98 Å². The summed E-state index contributed by atoms with van der Waals surface area (Å²) in [7, 11) is 0. The minimum atomic E-state index is -4.34. The molecule has 0 spiro atoms. The molecule has 0 aliphatic carbocycles. The van der Waals surface area contributed by atoms with Crippen molar-refractivity contribution in [3.05, 3.63) is 83.8 Å². The Morgan fingerprint density at radius 1 is 1.16 bits per heavy atom. The van der Waals surface area contributed by atoms with Crippen LogP contribution < -0.4 is 11.1 Å². The third-order valence-electron chi connectivity index (χ3n) is 4.91. The van der Waals surface area contributed by atoms with E-state index in [4.69, 9.17) is 5.73 Å². The number of nitrogens with one attached hydrogen (secondary N) is 1. The molecular formula is C23H23F3N4S. The van der Waals surface area contributed by atoms with Crippen molar-refractivity contribution < 1.29 is 13.2 Å². The molecule has 3 rings (SSSR count). The summed E-state index contributed by atoms with van der Waals surface area (Å²) in [5.41, 5.74) is 7.18. The molecule has 0 aliphatic heterocycles. The van der Waals surface area contributed by atoms with Crippen LogP contribution in [0.4, 0.5) is 13.2 Å². The highest BCUT2D eigenvalue weighted by Gasteiger charge is 2.30. The molecule has 0 aliphatic rings. The zero-order valence-corrected chi connectivity index (χ0v) is 17.7. The molecule has 31 heavy (non-hydrogen) atoms. The van der Waals surface area contributed by atoms with E-state index in [1.165, 1.54) is 12.1 Å². The lowest BCUT2D eigenvalue weighted by atomic mass is 10.0. The molecular weight excluding hydrogens is 421 g/mol. The van der Waals surface area contributed by atoms with Gasteiger partial charge in [0.25, 0.3) is 0 Å². The van der Waals surface area contributed by atoms with E-state index < -0.39 is 11.7 Å². The molecule has 1 heterocycles. The lowest BCUT2D eigenvalue weighted by molar-refractivity contribution is -0.137. The molecule has 8 heteroatoms. The lowest BCUT2D eigenvalue weighted by Gasteiger charge is -2.16. The maximum atomic E-state index is 12.7. The molecule has 0 radical (unpaired) electrons. The molecule has 2 atom stereocenters. The number of hydrogen-bond acceptors (Lipinski definition) is 4. The van der Waals surface area contributed by atoms with Crippen molar-refractivity contribution >= 4 is 34.6 Å². The van der Waals surface area contributed by atoms with Crippen molar-refractivity contribution in [3.8, 4) is 0 Å². The van der Waals surface area contributed by atoms with Crippen molar-refractivity contribution in [3.63, 3.8) is 0 Å². The lowest BCUT2D eigenvalue weighted by Crippen LogP contribution is -2.34. The van der Waals surface area contributed by atoms with Crippen LogP contribution in [-0.4, -0.2) is 23.4 Å². The third-order valence-corrected chi connectivity index (χ3v) is 5.30. The number of rotatable bonds is 7. The number of alkyl halides is 3. The Morgan fingerprint density at radius 2 is 1.90 bits per heavy atom. The van der Waals surface area contributed by atoms with Gasteiger partial charge in [-0.2, -0.15) is 13.2 Å². The number of nitrogens with zero attached hydrogens (tertiary/aromatic N) is 2. The summed E-state index contributed by atoms with van der Waals surface area (Å²) < 4.78 is 38.0. The van der Waals surface area contributed by atoms with Crippen LogP contribution in [0.3, 0.4) is 0 Å². The van der Waals surface area contributed by atoms with Gasteiger partial charge in [-0.25, -0.2) is 0 Å². The molecule has 1 aromatic heterocycles. The highest BCUT2D eigenvalue weighted by Crippen LogP contribution is 2.29. The van der Waals surface area contributed by atoms with Crippen LogP contribution in [0, 0.1) is 0 Å². The van der Waals surface area contributed by atoms with Gasteiger partial charge in [-0.05, 0) is 54.1 Å². The number of pyridine rings is 1. The van der Waals surface area contributed by atoms with E-state index in [0.29, 0.717) is 6.42 Å². The van der Waals surface area contributed by atoms with Crippen molar-refractivity contribution in [2.75, 3.05) is 0 Å². The average molecular weight is 445 g/mol. The van der Waals surface area contributed by atoms with Crippen molar-refractivity contribution in [1.29, 1.82) is 0 Å². The van der Waals surface area contributed by atoms with Crippen molar-refractivity contribution in [2.24, 2.45) is 10.7 Å². The monoisotopic (exact) mass is 444 g/mol. The van der Waals surface area contributed by atoms with Gasteiger partial charge in [0, 0.05) is 34.9 Å². The molecule has 0 amide bonds.